The summed E-state index contributed by atoms with van der Waals surface area (Å²) in [5.74, 6) is 1.48. The number of ether oxygens (including phenoxy) is 1. The van der Waals surface area contributed by atoms with E-state index in [2.05, 4.69) is 22.0 Å². The fourth-order valence-electron chi connectivity index (χ4n) is 2.94. The molecule has 0 N–H and O–H groups in total. The lowest BCUT2D eigenvalue weighted by Gasteiger charge is -2.16. The van der Waals surface area contributed by atoms with E-state index in [-0.39, 0.29) is 0 Å². The standard InChI is InChI=1S/C18H18N2O2/c1-21-15-7-4-13(5-8-15)18-19-16-12-14(6-9-17(16)22-18)20-10-2-3-11-20/h4-9,12H,2-3,10-11H2,1H3. The molecule has 1 fully saturated rings. The van der Waals surface area contributed by atoms with E-state index in [0.717, 1.165) is 35.5 Å². The lowest BCUT2D eigenvalue weighted by Crippen LogP contribution is -2.17. The molecule has 2 heterocycles. The third-order valence-corrected chi connectivity index (χ3v) is 4.18. The molecular weight excluding hydrogens is 276 g/mol. The van der Waals surface area contributed by atoms with Crippen molar-refractivity contribution in [2.24, 2.45) is 0 Å². The van der Waals surface area contributed by atoms with Crippen LogP contribution in [0, 0.1) is 0 Å². The third-order valence-electron chi connectivity index (χ3n) is 4.18. The number of nitrogens with zero attached hydrogens (tertiary/aromatic N) is 2. The fraction of sp³-hybridized carbons (Fsp3) is 0.278. The van der Waals surface area contributed by atoms with Crippen LogP contribution in [0.25, 0.3) is 22.6 Å². The molecule has 2 aromatic carbocycles. The lowest BCUT2D eigenvalue weighted by molar-refractivity contribution is 0.415. The van der Waals surface area contributed by atoms with Crippen molar-refractivity contribution in [1.82, 2.24) is 4.98 Å². The van der Waals surface area contributed by atoms with Gasteiger partial charge in [-0.25, -0.2) is 4.98 Å². The lowest BCUT2D eigenvalue weighted by atomic mass is 10.2. The van der Waals surface area contributed by atoms with Gasteiger partial charge in [0.2, 0.25) is 5.89 Å². The summed E-state index contributed by atoms with van der Waals surface area (Å²) >= 11 is 0. The molecule has 1 aliphatic heterocycles. The molecule has 4 heteroatoms. The number of rotatable bonds is 3. The molecule has 0 saturated carbocycles. The highest BCUT2D eigenvalue weighted by molar-refractivity contribution is 5.80. The molecule has 0 aliphatic carbocycles. The molecule has 0 spiro atoms. The molecular formula is C18H18N2O2. The van der Waals surface area contributed by atoms with Crippen LogP contribution in [0.4, 0.5) is 5.69 Å². The summed E-state index contributed by atoms with van der Waals surface area (Å²) in [6.45, 7) is 2.27. The minimum absolute atomic E-state index is 0.649. The summed E-state index contributed by atoms with van der Waals surface area (Å²) in [5.41, 5.74) is 3.93. The van der Waals surface area contributed by atoms with Crippen LogP contribution < -0.4 is 9.64 Å². The Hall–Kier alpha value is -2.49. The van der Waals surface area contributed by atoms with Crippen molar-refractivity contribution in [1.29, 1.82) is 0 Å². The second-order valence-electron chi connectivity index (χ2n) is 5.59. The maximum absolute atomic E-state index is 5.87. The second-order valence-corrected chi connectivity index (χ2v) is 5.59. The summed E-state index contributed by atoms with van der Waals surface area (Å²) in [4.78, 5) is 7.04. The predicted molar refractivity (Wildman–Crippen MR) is 87.4 cm³/mol. The van der Waals surface area contributed by atoms with Crippen LogP contribution in [0.1, 0.15) is 12.8 Å². The minimum atomic E-state index is 0.649. The zero-order valence-electron chi connectivity index (χ0n) is 12.6. The zero-order valence-corrected chi connectivity index (χ0v) is 12.6. The Morgan fingerprint density at radius 1 is 1.05 bits per heavy atom. The number of fused-ring (bicyclic) bond motifs is 1. The summed E-state index contributed by atoms with van der Waals surface area (Å²) in [7, 11) is 1.66. The van der Waals surface area contributed by atoms with Gasteiger partial charge in [0.25, 0.3) is 0 Å². The van der Waals surface area contributed by atoms with E-state index in [1.54, 1.807) is 7.11 Å². The van der Waals surface area contributed by atoms with E-state index >= 15 is 0 Å². The van der Waals surface area contributed by atoms with Gasteiger partial charge >= 0.3 is 0 Å². The van der Waals surface area contributed by atoms with E-state index in [1.807, 2.05) is 30.3 Å². The topological polar surface area (TPSA) is 38.5 Å². The van der Waals surface area contributed by atoms with Gasteiger partial charge < -0.3 is 14.1 Å². The largest absolute Gasteiger partial charge is 0.497 e. The van der Waals surface area contributed by atoms with Crippen LogP contribution in [0.3, 0.4) is 0 Å². The summed E-state index contributed by atoms with van der Waals surface area (Å²) in [6, 6.07) is 14.0. The first-order valence-electron chi connectivity index (χ1n) is 7.63. The molecule has 3 aromatic rings. The normalized spacial score (nSPS) is 14.7. The molecule has 0 atom stereocenters. The van der Waals surface area contributed by atoms with Crippen molar-refractivity contribution in [2.45, 2.75) is 12.8 Å². The van der Waals surface area contributed by atoms with E-state index in [4.69, 9.17) is 9.15 Å². The summed E-state index contributed by atoms with van der Waals surface area (Å²) < 4.78 is 11.1. The molecule has 22 heavy (non-hydrogen) atoms. The van der Waals surface area contributed by atoms with Crippen molar-refractivity contribution in [3.05, 3.63) is 42.5 Å². The van der Waals surface area contributed by atoms with E-state index in [9.17, 15) is 0 Å². The van der Waals surface area contributed by atoms with Crippen LogP contribution in [-0.4, -0.2) is 25.2 Å². The molecule has 1 saturated heterocycles. The second kappa shape index (κ2) is 5.37. The Balaban J connectivity index is 1.70. The summed E-state index contributed by atoms with van der Waals surface area (Å²) in [6.07, 6.45) is 2.54. The quantitative estimate of drug-likeness (QED) is 0.729. The van der Waals surface area contributed by atoms with Crippen LogP contribution in [0.15, 0.2) is 46.9 Å². The SMILES string of the molecule is COc1ccc(-c2nc3cc(N4CCCC4)ccc3o2)cc1. The van der Waals surface area contributed by atoms with Crippen molar-refractivity contribution < 1.29 is 9.15 Å². The Kier molecular flexibility index (Phi) is 3.22. The molecule has 4 rings (SSSR count). The molecule has 0 amide bonds. The molecule has 1 aromatic heterocycles. The van der Waals surface area contributed by atoms with Gasteiger partial charge in [-0.05, 0) is 55.3 Å². The fourth-order valence-corrected chi connectivity index (χ4v) is 2.94. The first kappa shape index (κ1) is 13.2. The Morgan fingerprint density at radius 3 is 2.55 bits per heavy atom. The van der Waals surface area contributed by atoms with Gasteiger partial charge in [0.15, 0.2) is 5.58 Å². The third kappa shape index (κ3) is 2.30. The maximum atomic E-state index is 5.87. The predicted octanol–water partition coefficient (Wildman–Crippen LogP) is 4.10. The smallest absolute Gasteiger partial charge is 0.227 e. The molecule has 4 nitrogen and oxygen atoms in total. The van der Waals surface area contributed by atoms with Crippen LogP contribution in [0.2, 0.25) is 0 Å². The van der Waals surface area contributed by atoms with E-state index < -0.39 is 0 Å². The van der Waals surface area contributed by atoms with Crippen molar-refractivity contribution in [3.63, 3.8) is 0 Å². The number of hydrogen-bond donors (Lipinski definition) is 0. The minimum Gasteiger partial charge on any atom is -0.497 e. The van der Waals surface area contributed by atoms with Gasteiger partial charge in [0, 0.05) is 24.3 Å². The average Bonchev–Trinajstić information content (AvgIpc) is 3.23. The number of hydrogen-bond acceptors (Lipinski definition) is 4. The number of aromatic nitrogens is 1. The number of benzene rings is 2. The molecule has 0 bridgehead atoms. The maximum Gasteiger partial charge on any atom is 0.227 e. The Bertz CT molecular complexity index is 786. The average molecular weight is 294 g/mol. The van der Waals surface area contributed by atoms with Crippen LogP contribution >= 0.6 is 0 Å². The number of methoxy groups -OCH3 is 1. The van der Waals surface area contributed by atoms with Crippen molar-refractivity contribution in [2.75, 3.05) is 25.1 Å². The zero-order chi connectivity index (χ0) is 14.9. The van der Waals surface area contributed by atoms with E-state index in [0.29, 0.717) is 5.89 Å². The van der Waals surface area contributed by atoms with Gasteiger partial charge in [0.05, 0.1) is 7.11 Å². The van der Waals surface area contributed by atoms with E-state index in [1.165, 1.54) is 18.5 Å². The van der Waals surface area contributed by atoms with Gasteiger partial charge in [-0.2, -0.15) is 0 Å². The van der Waals surface area contributed by atoms with Crippen molar-refractivity contribution >= 4 is 16.8 Å². The molecule has 1 aliphatic rings. The highest BCUT2D eigenvalue weighted by Gasteiger charge is 2.14. The van der Waals surface area contributed by atoms with Crippen molar-refractivity contribution in [3.8, 4) is 17.2 Å². The Labute approximate surface area is 129 Å². The van der Waals surface area contributed by atoms with Crippen LogP contribution in [0.5, 0.6) is 5.75 Å². The molecule has 0 radical (unpaired) electrons. The van der Waals surface area contributed by atoms with Crippen LogP contribution in [-0.2, 0) is 0 Å². The molecule has 0 unspecified atom stereocenters. The number of anilines is 1. The van der Waals surface area contributed by atoms with Gasteiger partial charge in [0.1, 0.15) is 11.3 Å². The van der Waals surface area contributed by atoms with Gasteiger partial charge in [-0.1, -0.05) is 0 Å². The first-order valence-corrected chi connectivity index (χ1v) is 7.63. The molecule has 112 valence electrons. The highest BCUT2D eigenvalue weighted by atomic mass is 16.5. The highest BCUT2D eigenvalue weighted by Crippen LogP contribution is 2.29. The first-order chi connectivity index (χ1) is 10.8. The Morgan fingerprint density at radius 2 is 1.82 bits per heavy atom. The van der Waals surface area contributed by atoms with Gasteiger partial charge in [-0.15, -0.1) is 0 Å². The van der Waals surface area contributed by atoms with Gasteiger partial charge in [-0.3, -0.25) is 0 Å². The monoisotopic (exact) mass is 294 g/mol. The number of oxazole rings is 1. The summed E-state index contributed by atoms with van der Waals surface area (Å²) in [5, 5.41) is 0.